The smallest absolute Gasteiger partial charge is 0.130 e. The summed E-state index contributed by atoms with van der Waals surface area (Å²) in [6.45, 7) is 6.35. The average molecular weight is 283 g/mol. The van der Waals surface area contributed by atoms with E-state index in [2.05, 4.69) is 53.1 Å². The quantitative estimate of drug-likeness (QED) is 0.879. The molecule has 0 saturated carbocycles. The standard InChI is InChI=1S/C18H25N3/c1-3-11-21-12-10-20-18(21)17(19-4-2)16-9-8-14-6-5-7-15(14)13-16/h8-10,12-13,17,19H,3-7,11H2,1-2H3. The van der Waals surface area contributed by atoms with Crippen LogP contribution >= 0.6 is 0 Å². The summed E-state index contributed by atoms with van der Waals surface area (Å²) in [4.78, 5) is 4.62. The molecule has 2 aromatic rings. The lowest BCUT2D eigenvalue weighted by molar-refractivity contribution is 0.544. The van der Waals surface area contributed by atoms with Gasteiger partial charge in [-0.15, -0.1) is 0 Å². The number of aromatic nitrogens is 2. The van der Waals surface area contributed by atoms with Crippen LogP contribution in [0.25, 0.3) is 0 Å². The van der Waals surface area contributed by atoms with Gasteiger partial charge < -0.3 is 9.88 Å². The summed E-state index contributed by atoms with van der Waals surface area (Å²) in [5.74, 6) is 1.14. The molecule has 3 rings (SSSR count). The van der Waals surface area contributed by atoms with Gasteiger partial charge in [-0.2, -0.15) is 0 Å². The number of benzene rings is 1. The first-order valence-corrected chi connectivity index (χ1v) is 8.19. The summed E-state index contributed by atoms with van der Waals surface area (Å²) in [6, 6.07) is 7.18. The topological polar surface area (TPSA) is 29.9 Å². The van der Waals surface area contributed by atoms with Crippen LogP contribution < -0.4 is 5.32 Å². The van der Waals surface area contributed by atoms with Gasteiger partial charge in [-0.25, -0.2) is 4.98 Å². The van der Waals surface area contributed by atoms with Crippen LogP contribution in [-0.2, 0) is 19.4 Å². The molecule has 0 saturated heterocycles. The van der Waals surface area contributed by atoms with E-state index in [9.17, 15) is 0 Å². The molecular weight excluding hydrogens is 258 g/mol. The minimum absolute atomic E-state index is 0.197. The molecule has 0 amide bonds. The Bertz CT molecular complexity index is 600. The normalized spacial score (nSPS) is 15.1. The second-order valence-corrected chi connectivity index (χ2v) is 5.85. The minimum atomic E-state index is 0.197. The Labute approximate surface area is 127 Å². The summed E-state index contributed by atoms with van der Waals surface area (Å²) in [5.41, 5.74) is 4.41. The van der Waals surface area contributed by atoms with Crippen molar-refractivity contribution >= 4 is 0 Å². The van der Waals surface area contributed by atoms with Crippen molar-refractivity contribution in [2.45, 2.75) is 52.1 Å². The molecule has 1 atom stereocenters. The van der Waals surface area contributed by atoms with Crippen LogP contribution in [-0.4, -0.2) is 16.1 Å². The number of nitrogens with one attached hydrogen (secondary N) is 1. The number of fused-ring (bicyclic) bond motifs is 1. The number of aryl methyl sites for hydroxylation is 3. The van der Waals surface area contributed by atoms with E-state index in [1.807, 2.05) is 6.20 Å². The average Bonchev–Trinajstić information content (AvgIpc) is 3.13. The lowest BCUT2D eigenvalue weighted by Gasteiger charge is -2.20. The third-order valence-corrected chi connectivity index (χ3v) is 4.33. The molecule has 1 N–H and O–H groups in total. The van der Waals surface area contributed by atoms with E-state index >= 15 is 0 Å². The summed E-state index contributed by atoms with van der Waals surface area (Å²) in [5, 5.41) is 3.61. The van der Waals surface area contributed by atoms with Crippen LogP contribution in [0.3, 0.4) is 0 Å². The van der Waals surface area contributed by atoms with Gasteiger partial charge in [0, 0.05) is 18.9 Å². The SMILES string of the molecule is CCCn1ccnc1C(NCC)c1ccc2c(c1)CCC2. The van der Waals surface area contributed by atoms with Gasteiger partial charge in [-0.05, 0) is 48.9 Å². The highest BCUT2D eigenvalue weighted by Crippen LogP contribution is 2.28. The zero-order valence-electron chi connectivity index (χ0n) is 13.1. The number of nitrogens with zero attached hydrogens (tertiary/aromatic N) is 2. The van der Waals surface area contributed by atoms with Crippen molar-refractivity contribution in [1.82, 2.24) is 14.9 Å². The van der Waals surface area contributed by atoms with E-state index in [4.69, 9.17) is 0 Å². The van der Waals surface area contributed by atoms with Gasteiger partial charge in [-0.1, -0.05) is 32.0 Å². The fourth-order valence-corrected chi connectivity index (χ4v) is 3.34. The number of hydrogen-bond acceptors (Lipinski definition) is 2. The Morgan fingerprint density at radius 1 is 1.24 bits per heavy atom. The van der Waals surface area contributed by atoms with Gasteiger partial charge in [0.1, 0.15) is 5.82 Å². The van der Waals surface area contributed by atoms with E-state index in [1.165, 1.54) is 36.0 Å². The van der Waals surface area contributed by atoms with Crippen molar-refractivity contribution in [2.75, 3.05) is 6.54 Å². The Morgan fingerprint density at radius 2 is 2.10 bits per heavy atom. The van der Waals surface area contributed by atoms with Gasteiger partial charge >= 0.3 is 0 Å². The molecule has 1 aromatic heterocycles. The lowest BCUT2D eigenvalue weighted by Crippen LogP contribution is -2.25. The molecule has 0 aliphatic heterocycles. The summed E-state index contributed by atoms with van der Waals surface area (Å²) >= 11 is 0. The molecule has 1 unspecified atom stereocenters. The summed E-state index contributed by atoms with van der Waals surface area (Å²) in [7, 11) is 0. The Kier molecular flexibility index (Phi) is 4.39. The fourth-order valence-electron chi connectivity index (χ4n) is 3.34. The number of rotatable bonds is 6. The van der Waals surface area contributed by atoms with Gasteiger partial charge in [0.25, 0.3) is 0 Å². The summed E-state index contributed by atoms with van der Waals surface area (Å²) < 4.78 is 2.28. The van der Waals surface area contributed by atoms with E-state index in [0.717, 1.165) is 25.3 Å². The highest BCUT2D eigenvalue weighted by molar-refractivity contribution is 5.38. The molecule has 1 aromatic carbocycles. The monoisotopic (exact) mass is 283 g/mol. The molecule has 1 aliphatic carbocycles. The van der Waals surface area contributed by atoms with Crippen LogP contribution in [0.4, 0.5) is 0 Å². The molecule has 1 aliphatic rings. The van der Waals surface area contributed by atoms with Crippen molar-refractivity contribution in [3.63, 3.8) is 0 Å². The van der Waals surface area contributed by atoms with Crippen molar-refractivity contribution in [3.05, 3.63) is 53.1 Å². The molecule has 112 valence electrons. The van der Waals surface area contributed by atoms with E-state index < -0.39 is 0 Å². The van der Waals surface area contributed by atoms with Gasteiger partial charge in [0.2, 0.25) is 0 Å². The first-order chi connectivity index (χ1) is 10.3. The predicted octanol–water partition coefficient (Wildman–Crippen LogP) is 3.48. The second-order valence-electron chi connectivity index (χ2n) is 5.85. The summed E-state index contributed by atoms with van der Waals surface area (Å²) in [6.07, 6.45) is 8.91. The predicted molar refractivity (Wildman–Crippen MR) is 86.5 cm³/mol. The highest BCUT2D eigenvalue weighted by Gasteiger charge is 2.20. The van der Waals surface area contributed by atoms with Gasteiger partial charge in [0.05, 0.1) is 6.04 Å². The molecule has 0 fully saturated rings. The third kappa shape index (κ3) is 2.88. The minimum Gasteiger partial charge on any atom is -0.333 e. The fraction of sp³-hybridized carbons (Fsp3) is 0.500. The number of hydrogen-bond donors (Lipinski definition) is 1. The van der Waals surface area contributed by atoms with E-state index in [0.29, 0.717) is 0 Å². The van der Waals surface area contributed by atoms with Crippen LogP contribution in [0.1, 0.15) is 55.2 Å². The first-order valence-electron chi connectivity index (χ1n) is 8.19. The molecule has 3 nitrogen and oxygen atoms in total. The van der Waals surface area contributed by atoms with Crippen LogP contribution in [0.5, 0.6) is 0 Å². The largest absolute Gasteiger partial charge is 0.333 e. The zero-order valence-corrected chi connectivity index (χ0v) is 13.1. The van der Waals surface area contributed by atoms with E-state index in [-0.39, 0.29) is 6.04 Å². The van der Waals surface area contributed by atoms with Gasteiger partial charge in [-0.3, -0.25) is 0 Å². The number of imidazole rings is 1. The van der Waals surface area contributed by atoms with Crippen molar-refractivity contribution < 1.29 is 0 Å². The van der Waals surface area contributed by atoms with Crippen molar-refractivity contribution in [2.24, 2.45) is 0 Å². The molecule has 3 heteroatoms. The maximum atomic E-state index is 4.62. The zero-order chi connectivity index (χ0) is 14.7. The van der Waals surface area contributed by atoms with E-state index in [1.54, 1.807) is 0 Å². The van der Waals surface area contributed by atoms with Crippen molar-refractivity contribution in [1.29, 1.82) is 0 Å². The van der Waals surface area contributed by atoms with Gasteiger partial charge in [0.15, 0.2) is 0 Å². The maximum Gasteiger partial charge on any atom is 0.130 e. The Balaban J connectivity index is 1.95. The first kappa shape index (κ1) is 14.3. The molecule has 1 heterocycles. The van der Waals surface area contributed by atoms with Crippen LogP contribution in [0.2, 0.25) is 0 Å². The molecule has 0 radical (unpaired) electrons. The maximum absolute atomic E-state index is 4.62. The molecule has 0 bridgehead atoms. The molecule has 0 spiro atoms. The third-order valence-electron chi connectivity index (χ3n) is 4.33. The van der Waals surface area contributed by atoms with Crippen LogP contribution in [0.15, 0.2) is 30.6 Å². The lowest BCUT2D eigenvalue weighted by atomic mass is 10.0. The van der Waals surface area contributed by atoms with Crippen LogP contribution in [0, 0.1) is 0 Å². The molecular formula is C18H25N3. The van der Waals surface area contributed by atoms with Crippen molar-refractivity contribution in [3.8, 4) is 0 Å². The Hall–Kier alpha value is -1.61. The highest BCUT2D eigenvalue weighted by atomic mass is 15.1. The Morgan fingerprint density at radius 3 is 2.90 bits per heavy atom. The molecule has 21 heavy (non-hydrogen) atoms. The second kappa shape index (κ2) is 6.44.